The van der Waals surface area contributed by atoms with Crippen LogP contribution in [0, 0.1) is 5.82 Å². The van der Waals surface area contributed by atoms with Gasteiger partial charge in [0.25, 0.3) is 0 Å². The van der Waals surface area contributed by atoms with Crippen LogP contribution >= 0.6 is 0 Å². The fourth-order valence-corrected chi connectivity index (χ4v) is 2.56. The van der Waals surface area contributed by atoms with Crippen molar-refractivity contribution < 1.29 is 13.9 Å². The van der Waals surface area contributed by atoms with Gasteiger partial charge < -0.3 is 20.1 Å². The van der Waals surface area contributed by atoms with E-state index in [9.17, 15) is 4.39 Å². The maximum absolute atomic E-state index is 13.7. The molecule has 1 aromatic carbocycles. The number of unbranched alkanes of at least 4 members (excludes halogenated alkanes) is 2. The van der Waals surface area contributed by atoms with Crippen LogP contribution in [0.5, 0.6) is 5.75 Å². The SMILES string of the molecule is CCCCCNC(=NC)NCCc1cc(F)cc2c1OCOC2. The Hall–Kier alpha value is -1.82. The minimum absolute atomic E-state index is 0.222. The first-order chi connectivity index (χ1) is 11.2. The predicted octanol–water partition coefficient (Wildman–Crippen LogP) is 2.59. The first kappa shape index (κ1) is 17.5. The van der Waals surface area contributed by atoms with Crippen molar-refractivity contribution in [2.75, 3.05) is 26.9 Å². The Bertz CT molecular complexity index is 535. The zero-order chi connectivity index (χ0) is 16.5. The van der Waals surface area contributed by atoms with Crippen molar-refractivity contribution in [2.24, 2.45) is 4.99 Å². The Morgan fingerprint density at radius 2 is 2.09 bits per heavy atom. The van der Waals surface area contributed by atoms with E-state index < -0.39 is 0 Å². The highest BCUT2D eigenvalue weighted by Crippen LogP contribution is 2.29. The van der Waals surface area contributed by atoms with Crippen LogP contribution in [0.3, 0.4) is 0 Å². The Labute approximate surface area is 137 Å². The minimum Gasteiger partial charge on any atom is -0.467 e. The highest BCUT2D eigenvalue weighted by atomic mass is 19.1. The summed E-state index contributed by atoms with van der Waals surface area (Å²) in [6, 6.07) is 3.00. The number of guanidine groups is 1. The molecule has 0 amide bonds. The number of hydrogen-bond acceptors (Lipinski definition) is 3. The summed E-state index contributed by atoms with van der Waals surface area (Å²) < 4.78 is 24.4. The third-order valence-corrected chi connectivity index (χ3v) is 3.73. The number of halogens is 1. The van der Waals surface area contributed by atoms with Gasteiger partial charge in [-0.15, -0.1) is 0 Å². The molecule has 1 aliphatic heterocycles. The predicted molar refractivity (Wildman–Crippen MR) is 89.3 cm³/mol. The van der Waals surface area contributed by atoms with Gasteiger partial charge in [0.05, 0.1) is 6.61 Å². The molecule has 2 rings (SSSR count). The van der Waals surface area contributed by atoms with E-state index in [0.29, 0.717) is 19.6 Å². The van der Waals surface area contributed by atoms with E-state index >= 15 is 0 Å². The van der Waals surface area contributed by atoms with Gasteiger partial charge in [-0.3, -0.25) is 4.99 Å². The molecule has 0 aliphatic carbocycles. The molecule has 0 saturated carbocycles. The third kappa shape index (κ3) is 5.39. The van der Waals surface area contributed by atoms with Crippen LogP contribution in [0.2, 0.25) is 0 Å². The summed E-state index contributed by atoms with van der Waals surface area (Å²) in [5, 5.41) is 6.53. The number of hydrogen-bond donors (Lipinski definition) is 2. The molecule has 0 aromatic heterocycles. The van der Waals surface area contributed by atoms with E-state index in [1.54, 1.807) is 7.05 Å². The molecule has 2 N–H and O–H groups in total. The molecular formula is C17H26FN3O2. The number of nitrogens with one attached hydrogen (secondary N) is 2. The largest absolute Gasteiger partial charge is 0.467 e. The van der Waals surface area contributed by atoms with Gasteiger partial charge in [-0.05, 0) is 30.5 Å². The number of nitrogens with zero attached hydrogens (tertiary/aromatic N) is 1. The average Bonchev–Trinajstić information content (AvgIpc) is 2.56. The first-order valence-corrected chi connectivity index (χ1v) is 8.21. The fourth-order valence-electron chi connectivity index (χ4n) is 2.56. The van der Waals surface area contributed by atoms with E-state index in [-0.39, 0.29) is 12.6 Å². The highest BCUT2D eigenvalue weighted by molar-refractivity contribution is 5.79. The molecule has 1 heterocycles. The van der Waals surface area contributed by atoms with E-state index in [4.69, 9.17) is 9.47 Å². The van der Waals surface area contributed by atoms with Gasteiger partial charge in [0, 0.05) is 25.7 Å². The Balaban J connectivity index is 1.85. The molecule has 6 heteroatoms. The Morgan fingerprint density at radius 1 is 1.26 bits per heavy atom. The summed E-state index contributed by atoms with van der Waals surface area (Å²) >= 11 is 0. The van der Waals surface area contributed by atoms with Crippen LogP contribution in [-0.4, -0.2) is 32.9 Å². The van der Waals surface area contributed by atoms with Crippen molar-refractivity contribution in [3.8, 4) is 5.75 Å². The molecule has 0 spiro atoms. The molecule has 0 radical (unpaired) electrons. The smallest absolute Gasteiger partial charge is 0.190 e. The topological polar surface area (TPSA) is 54.9 Å². The Kier molecular flexibility index (Phi) is 7.13. The standard InChI is InChI=1S/C17H26FN3O2/c1-3-4-5-7-20-17(19-2)21-8-6-13-9-15(18)10-14-11-22-12-23-16(13)14/h9-10H,3-8,11-12H2,1-2H3,(H2,19,20,21). The molecule has 1 aliphatic rings. The maximum Gasteiger partial charge on any atom is 0.190 e. The van der Waals surface area contributed by atoms with Crippen LogP contribution in [0.25, 0.3) is 0 Å². The van der Waals surface area contributed by atoms with Gasteiger partial charge in [-0.1, -0.05) is 19.8 Å². The molecule has 23 heavy (non-hydrogen) atoms. The van der Waals surface area contributed by atoms with Crippen LogP contribution in [-0.2, 0) is 17.8 Å². The summed E-state index contributed by atoms with van der Waals surface area (Å²) in [5.41, 5.74) is 1.63. The molecule has 0 bridgehead atoms. The van der Waals surface area contributed by atoms with Crippen molar-refractivity contribution in [2.45, 2.75) is 39.2 Å². The molecule has 1 aromatic rings. The van der Waals surface area contributed by atoms with Gasteiger partial charge in [-0.2, -0.15) is 0 Å². The van der Waals surface area contributed by atoms with Crippen LogP contribution < -0.4 is 15.4 Å². The van der Waals surface area contributed by atoms with Crippen molar-refractivity contribution >= 4 is 5.96 Å². The summed E-state index contributed by atoms with van der Waals surface area (Å²) in [5.74, 6) is 1.27. The number of fused-ring (bicyclic) bond motifs is 1. The van der Waals surface area contributed by atoms with Crippen molar-refractivity contribution in [3.63, 3.8) is 0 Å². The molecule has 0 fully saturated rings. The van der Waals surface area contributed by atoms with E-state index in [1.807, 2.05) is 0 Å². The first-order valence-electron chi connectivity index (χ1n) is 8.21. The van der Waals surface area contributed by atoms with E-state index in [0.717, 1.165) is 35.8 Å². The van der Waals surface area contributed by atoms with E-state index in [2.05, 4.69) is 22.5 Å². The van der Waals surface area contributed by atoms with E-state index in [1.165, 1.54) is 25.0 Å². The lowest BCUT2D eigenvalue weighted by Gasteiger charge is -2.21. The van der Waals surface area contributed by atoms with Gasteiger partial charge in [-0.25, -0.2) is 4.39 Å². The van der Waals surface area contributed by atoms with Crippen LogP contribution in [0.1, 0.15) is 37.3 Å². The lowest BCUT2D eigenvalue weighted by atomic mass is 10.1. The lowest BCUT2D eigenvalue weighted by molar-refractivity contribution is -0.0172. The second-order valence-corrected chi connectivity index (χ2v) is 5.55. The monoisotopic (exact) mass is 323 g/mol. The van der Waals surface area contributed by atoms with Crippen LogP contribution in [0.15, 0.2) is 17.1 Å². The number of benzene rings is 1. The maximum atomic E-state index is 13.7. The van der Waals surface area contributed by atoms with Crippen molar-refractivity contribution in [3.05, 3.63) is 29.1 Å². The number of aliphatic imine (C=N–C) groups is 1. The normalized spacial score (nSPS) is 14.1. The minimum atomic E-state index is -0.255. The van der Waals surface area contributed by atoms with Gasteiger partial charge >= 0.3 is 0 Å². The Morgan fingerprint density at radius 3 is 2.87 bits per heavy atom. The second kappa shape index (κ2) is 9.35. The quantitative estimate of drug-likeness (QED) is 0.460. The molecule has 128 valence electrons. The summed E-state index contributed by atoms with van der Waals surface area (Å²) in [4.78, 5) is 4.19. The highest BCUT2D eigenvalue weighted by Gasteiger charge is 2.16. The summed E-state index contributed by atoms with van der Waals surface area (Å²) in [7, 11) is 1.75. The average molecular weight is 323 g/mol. The lowest BCUT2D eigenvalue weighted by Crippen LogP contribution is -2.38. The molecule has 5 nitrogen and oxygen atoms in total. The van der Waals surface area contributed by atoms with Gasteiger partial charge in [0.2, 0.25) is 0 Å². The number of rotatable bonds is 7. The molecule has 0 unspecified atom stereocenters. The summed E-state index contributed by atoms with van der Waals surface area (Å²) in [6.45, 7) is 4.37. The molecule has 0 saturated heterocycles. The summed E-state index contributed by atoms with van der Waals surface area (Å²) in [6.07, 6.45) is 4.19. The van der Waals surface area contributed by atoms with Crippen LogP contribution in [0.4, 0.5) is 4.39 Å². The number of ether oxygens (including phenoxy) is 2. The second-order valence-electron chi connectivity index (χ2n) is 5.55. The van der Waals surface area contributed by atoms with Crippen molar-refractivity contribution in [1.29, 1.82) is 0 Å². The van der Waals surface area contributed by atoms with Gasteiger partial charge in [0.1, 0.15) is 11.6 Å². The van der Waals surface area contributed by atoms with Gasteiger partial charge in [0.15, 0.2) is 12.8 Å². The zero-order valence-corrected chi connectivity index (χ0v) is 14.0. The molecule has 0 atom stereocenters. The fraction of sp³-hybridized carbons (Fsp3) is 0.588. The zero-order valence-electron chi connectivity index (χ0n) is 14.0. The van der Waals surface area contributed by atoms with Crippen molar-refractivity contribution in [1.82, 2.24) is 10.6 Å². The third-order valence-electron chi connectivity index (χ3n) is 3.73. The molecular weight excluding hydrogens is 297 g/mol.